The Kier molecular flexibility index (Phi) is 12.8. The predicted molar refractivity (Wildman–Crippen MR) is 290 cm³/mol. The van der Waals surface area contributed by atoms with E-state index in [1.54, 1.807) is 12.1 Å². The molecule has 3 N–H and O–H groups in total. The van der Waals surface area contributed by atoms with Crippen LogP contribution in [-0.4, -0.2) is 43.2 Å². The van der Waals surface area contributed by atoms with Gasteiger partial charge < -0.3 is 34.5 Å². The van der Waals surface area contributed by atoms with Crippen LogP contribution in [0.1, 0.15) is 77.7 Å². The standard InChI is InChI=1S/2C31H28N2O3/c1-4-33(5-2)22-15-16-25-29(18-22)35-28-17-20(3)27(32-21-11-7-6-8-12-21)19-26(28)31(25)24-14-10-9-13-23(24)30(34)36-31;1-4-33(5-2)22-15-16-25-29(18-22)36-28-17-20(3)27(32-21-11-7-6-8-12-21)19-26(28)30(25)23-13-9-10-14-24(23)31(34)35/h2*6-19,32H,4-5H2,1-3H3/p+2. The van der Waals surface area contributed by atoms with E-state index in [0.717, 1.165) is 110 Å². The summed E-state index contributed by atoms with van der Waals surface area (Å²) in [6.07, 6.45) is 0. The van der Waals surface area contributed by atoms with E-state index >= 15 is 0 Å². The predicted octanol–water partition coefficient (Wildman–Crippen LogP) is 14.0. The summed E-state index contributed by atoms with van der Waals surface area (Å²) in [5, 5.41) is 19.0. The molecule has 0 saturated heterocycles. The van der Waals surface area contributed by atoms with Crippen LogP contribution in [0.3, 0.4) is 0 Å². The SMILES string of the molecule is CCN(CC)c1ccc2c(c1)Oc1cc(C)c(Nc3ccccc3)cc1C21OC(=O)c2ccccc21.CC[N+](CC)=c1ccc2c(-c3ccccc3C(=O)O)c3cc(Nc4ccccc4)c(C)cc3oc-2c1.[H+]. The van der Waals surface area contributed by atoms with Gasteiger partial charge in [0.25, 0.3) is 0 Å². The van der Waals surface area contributed by atoms with Gasteiger partial charge in [0.15, 0.2) is 5.60 Å². The van der Waals surface area contributed by atoms with E-state index in [4.69, 9.17) is 13.9 Å². The van der Waals surface area contributed by atoms with Crippen molar-refractivity contribution < 1.29 is 30.0 Å². The number of benzene rings is 8. The molecule has 7 aromatic carbocycles. The summed E-state index contributed by atoms with van der Waals surface area (Å²) in [7, 11) is 0. The van der Waals surface area contributed by atoms with Gasteiger partial charge in [-0.05, 0) is 137 Å². The number of carbonyl (C=O) groups excluding carboxylic acids is 1. The van der Waals surface area contributed by atoms with Crippen LogP contribution in [0.2, 0.25) is 0 Å². The average Bonchev–Trinajstić information content (AvgIpc) is 3.69. The molecule has 0 aromatic heterocycles. The van der Waals surface area contributed by atoms with Crippen LogP contribution in [0.15, 0.2) is 174 Å². The first-order chi connectivity index (χ1) is 35.0. The van der Waals surface area contributed by atoms with Crippen LogP contribution < -0.4 is 30.2 Å². The molecule has 1 aliphatic carbocycles. The van der Waals surface area contributed by atoms with Crippen LogP contribution in [0.25, 0.3) is 33.4 Å². The molecular formula is C62H58N4O6+2. The number of ether oxygens (including phenoxy) is 2. The highest BCUT2D eigenvalue weighted by molar-refractivity contribution is 6.08. The molecule has 72 heavy (non-hydrogen) atoms. The van der Waals surface area contributed by atoms with Gasteiger partial charge in [0.05, 0.1) is 17.2 Å². The summed E-state index contributed by atoms with van der Waals surface area (Å²) in [5.41, 5.74) is 12.3. The number of rotatable bonds is 11. The Bertz CT molecular complexity index is 3570. The first kappa shape index (κ1) is 47.1. The van der Waals surface area contributed by atoms with Crippen LogP contribution >= 0.6 is 0 Å². The topological polar surface area (TPSA) is 116 Å². The van der Waals surface area contributed by atoms with Gasteiger partial charge in [-0.3, -0.25) is 0 Å². The molecule has 0 amide bonds. The third kappa shape index (κ3) is 8.48. The maximum Gasteiger partial charge on any atom is 1.00 e. The minimum absolute atomic E-state index is 0. The number of carboxylic acid groups (broad SMARTS) is 1. The summed E-state index contributed by atoms with van der Waals surface area (Å²) in [6.45, 7) is 16.2. The maximum absolute atomic E-state index is 13.2. The van der Waals surface area contributed by atoms with Crippen molar-refractivity contribution >= 4 is 51.3 Å². The molecule has 1 atom stereocenters. The Labute approximate surface area is 421 Å². The number of anilines is 5. The summed E-state index contributed by atoms with van der Waals surface area (Å²) in [6, 6.07) is 55.4. The molecule has 1 unspecified atom stereocenters. The minimum atomic E-state index is -1.08. The highest BCUT2D eigenvalue weighted by Crippen LogP contribution is 2.57. The van der Waals surface area contributed by atoms with E-state index in [-0.39, 0.29) is 13.0 Å². The molecular weight excluding hydrogens is 897 g/mol. The molecule has 0 radical (unpaired) electrons. The maximum atomic E-state index is 13.2. The first-order valence-electron chi connectivity index (χ1n) is 24.7. The summed E-state index contributed by atoms with van der Waals surface area (Å²) < 4.78 is 21.6. The molecule has 0 fully saturated rings. The van der Waals surface area contributed by atoms with E-state index in [2.05, 4.69) is 91.1 Å². The number of fused-ring (bicyclic) bond motifs is 8. The number of hydrogen-bond donors (Lipinski definition) is 3. The van der Waals surface area contributed by atoms with Gasteiger partial charge in [-0.2, -0.15) is 0 Å². The second-order valence-corrected chi connectivity index (χ2v) is 18.1. The zero-order valence-electron chi connectivity index (χ0n) is 42.4. The number of nitrogens with one attached hydrogen (secondary N) is 2. The fourth-order valence-corrected chi connectivity index (χ4v) is 10.2. The summed E-state index contributed by atoms with van der Waals surface area (Å²) in [4.78, 5) is 27.7. The first-order valence-corrected chi connectivity index (χ1v) is 24.7. The Morgan fingerprint density at radius 2 is 1.24 bits per heavy atom. The Morgan fingerprint density at radius 3 is 1.90 bits per heavy atom. The third-order valence-electron chi connectivity index (χ3n) is 13.9. The van der Waals surface area contributed by atoms with Crippen molar-refractivity contribution in [1.29, 1.82) is 0 Å². The van der Waals surface area contributed by atoms with Gasteiger partial charge in [0.2, 0.25) is 5.36 Å². The normalized spacial score (nSPS) is 14.1. The molecule has 360 valence electrons. The van der Waals surface area contributed by atoms with Crippen LogP contribution in [-0.2, 0) is 10.3 Å². The number of nitrogens with zero attached hydrogens (tertiary/aromatic N) is 2. The van der Waals surface area contributed by atoms with Gasteiger partial charge in [0.1, 0.15) is 35.9 Å². The summed E-state index contributed by atoms with van der Waals surface area (Å²) in [5.74, 6) is 0.849. The van der Waals surface area contributed by atoms with Gasteiger partial charge in [-0.1, -0.05) is 72.8 Å². The molecule has 0 saturated carbocycles. The second kappa shape index (κ2) is 19.6. The van der Waals surface area contributed by atoms with Crippen molar-refractivity contribution in [2.24, 2.45) is 0 Å². The summed E-state index contributed by atoms with van der Waals surface area (Å²) >= 11 is 0. The van der Waals surface area contributed by atoms with Crippen molar-refractivity contribution in [2.75, 3.05) is 41.7 Å². The van der Waals surface area contributed by atoms with Gasteiger partial charge in [-0.25, -0.2) is 14.2 Å². The van der Waals surface area contributed by atoms with E-state index in [1.165, 1.54) is 0 Å². The second-order valence-electron chi connectivity index (χ2n) is 18.1. The number of hydrogen-bond acceptors (Lipinski definition) is 8. The van der Waals surface area contributed by atoms with Crippen LogP contribution in [0.5, 0.6) is 11.5 Å². The van der Waals surface area contributed by atoms with Crippen molar-refractivity contribution in [3.63, 3.8) is 0 Å². The highest BCUT2D eigenvalue weighted by Gasteiger charge is 2.53. The van der Waals surface area contributed by atoms with Gasteiger partial charge >= 0.3 is 13.4 Å². The van der Waals surface area contributed by atoms with E-state index < -0.39 is 11.6 Å². The van der Waals surface area contributed by atoms with Crippen molar-refractivity contribution in [2.45, 2.75) is 47.1 Å². The van der Waals surface area contributed by atoms with Gasteiger partial charge in [-0.15, -0.1) is 0 Å². The molecule has 10 nitrogen and oxygen atoms in total. The van der Waals surface area contributed by atoms with Crippen LogP contribution in [0, 0.1) is 13.8 Å². The highest BCUT2D eigenvalue weighted by atomic mass is 16.6. The molecule has 1 spiro atoms. The number of carbonyl (C=O) groups is 2. The van der Waals surface area contributed by atoms with Crippen molar-refractivity contribution in [3.8, 4) is 33.9 Å². The average molecular weight is 955 g/mol. The third-order valence-corrected chi connectivity index (χ3v) is 13.9. The molecule has 11 rings (SSSR count). The number of aromatic carboxylic acids is 1. The van der Waals surface area contributed by atoms with Crippen LogP contribution in [0.4, 0.5) is 28.4 Å². The van der Waals surface area contributed by atoms with E-state index in [0.29, 0.717) is 28.2 Å². The Hall–Kier alpha value is -8.63. The lowest BCUT2D eigenvalue weighted by Gasteiger charge is -2.37. The minimum Gasteiger partial charge on any atom is -0.478 e. The number of carboxylic acids is 1. The quantitative estimate of drug-likeness (QED) is 0.0662. The Balaban J connectivity index is 0.000000177. The lowest BCUT2D eigenvalue weighted by molar-refractivity contribution is 0.0224. The largest absolute Gasteiger partial charge is 1.00 e. The Morgan fingerprint density at radius 1 is 0.625 bits per heavy atom. The lowest BCUT2D eigenvalue weighted by Crippen LogP contribution is -2.33. The van der Waals surface area contributed by atoms with E-state index in [1.807, 2.05) is 128 Å². The van der Waals surface area contributed by atoms with E-state index in [9.17, 15) is 14.7 Å². The molecule has 4 aliphatic rings. The monoisotopic (exact) mass is 954 g/mol. The molecule has 3 heterocycles. The molecule has 10 heteroatoms. The molecule has 7 aromatic rings. The van der Waals surface area contributed by atoms with Crippen molar-refractivity contribution in [1.82, 2.24) is 4.58 Å². The zero-order valence-corrected chi connectivity index (χ0v) is 41.4. The smallest absolute Gasteiger partial charge is 0.478 e. The fourth-order valence-electron chi connectivity index (χ4n) is 10.2. The number of para-hydroxylation sites is 2. The van der Waals surface area contributed by atoms with Gasteiger partial charge in [0, 0.05) is 86.9 Å². The van der Waals surface area contributed by atoms with Crippen molar-refractivity contribution in [3.05, 3.63) is 214 Å². The fraction of sp³-hybridized carbons (Fsp3) is 0.177. The number of aryl methyl sites for hydroxylation is 2. The molecule has 0 bridgehead atoms. The zero-order chi connectivity index (χ0) is 50.1. The number of esters is 1. The lowest BCUT2D eigenvalue weighted by atomic mass is 9.77. The molecule has 3 aliphatic heterocycles.